The summed E-state index contributed by atoms with van der Waals surface area (Å²) in [5, 5.41) is 2.54. The normalized spacial score (nSPS) is 14.2. The number of amides is 1. The third-order valence-corrected chi connectivity index (χ3v) is 8.38. The van der Waals surface area contributed by atoms with Gasteiger partial charge in [0.2, 0.25) is 15.9 Å². The lowest BCUT2D eigenvalue weighted by Gasteiger charge is -2.29. The van der Waals surface area contributed by atoms with Gasteiger partial charge in [-0.1, -0.05) is 6.07 Å². The molecule has 15 heteroatoms. The summed E-state index contributed by atoms with van der Waals surface area (Å²) in [6.07, 6.45) is -3.70. The van der Waals surface area contributed by atoms with Gasteiger partial charge in [0.05, 0.1) is 22.4 Å². The number of anilines is 3. The summed E-state index contributed by atoms with van der Waals surface area (Å²) in [6.45, 7) is 2.01. The van der Waals surface area contributed by atoms with Crippen molar-refractivity contribution in [2.45, 2.75) is 24.0 Å². The van der Waals surface area contributed by atoms with Crippen LogP contribution in [0.15, 0.2) is 71.6 Å². The molecule has 0 saturated carbocycles. The highest BCUT2D eigenvalue weighted by Gasteiger charge is 2.32. The van der Waals surface area contributed by atoms with Crippen LogP contribution >= 0.6 is 0 Å². The molecule has 40 heavy (non-hydrogen) atoms. The molecule has 0 fully saturated rings. The minimum absolute atomic E-state index is 0.158. The molecule has 0 aliphatic carbocycles. The fourth-order valence-electron chi connectivity index (χ4n) is 3.92. The molecule has 2 N–H and O–H groups in total. The third kappa shape index (κ3) is 6.59. The average molecular weight is 600 g/mol. The Labute approximate surface area is 228 Å². The van der Waals surface area contributed by atoms with Crippen LogP contribution in [0.3, 0.4) is 0 Å². The predicted octanol–water partition coefficient (Wildman–Crippen LogP) is 4.07. The zero-order chi connectivity index (χ0) is 29.3. The van der Waals surface area contributed by atoms with E-state index < -0.39 is 43.7 Å². The van der Waals surface area contributed by atoms with Crippen molar-refractivity contribution in [1.82, 2.24) is 0 Å². The van der Waals surface area contributed by atoms with E-state index in [9.17, 15) is 34.8 Å². The zero-order valence-electron chi connectivity index (χ0n) is 21.1. The Morgan fingerprint density at radius 3 is 2.17 bits per heavy atom. The van der Waals surface area contributed by atoms with Gasteiger partial charge in [-0.15, -0.1) is 0 Å². The van der Waals surface area contributed by atoms with Crippen molar-refractivity contribution < 1.29 is 44.3 Å². The molecular weight excluding hydrogens is 575 g/mol. The summed E-state index contributed by atoms with van der Waals surface area (Å²) in [5.74, 6) is 0.0664. The highest BCUT2D eigenvalue weighted by atomic mass is 32.2. The SMILES string of the molecule is C[C@@H](C(=O)Nc1ccc(S(=O)(=O)Nc2cccc(C(F)(F)F)c2)cc1)N(c1ccc2c(c1)OCCO2)S(C)(=O)=O. The molecule has 1 aliphatic heterocycles. The van der Waals surface area contributed by atoms with Gasteiger partial charge in [-0.2, -0.15) is 13.2 Å². The molecule has 214 valence electrons. The maximum Gasteiger partial charge on any atom is 0.416 e. The number of ether oxygens (including phenoxy) is 2. The van der Waals surface area contributed by atoms with Crippen molar-refractivity contribution in [1.29, 1.82) is 0 Å². The van der Waals surface area contributed by atoms with Crippen LogP contribution in [-0.4, -0.2) is 48.3 Å². The van der Waals surface area contributed by atoms with Crippen molar-refractivity contribution in [2.24, 2.45) is 0 Å². The smallest absolute Gasteiger partial charge is 0.416 e. The fraction of sp³-hybridized carbons (Fsp3) is 0.240. The van der Waals surface area contributed by atoms with Gasteiger partial charge in [0.25, 0.3) is 10.0 Å². The molecule has 1 aliphatic rings. The van der Waals surface area contributed by atoms with Crippen molar-refractivity contribution in [3.63, 3.8) is 0 Å². The number of carbonyl (C=O) groups is 1. The lowest BCUT2D eigenvalue weighted by molar-refractivity contribution is -0.137. The van der Waals surface area contributed by atoms with E-state index in [1.807, 2.05) is 0 Å². The summed E-state index contributed by atoms with van der Waals surface area (Å²) < 4.78 is 103. The maximum atomic E-state index is 13.0. The third-order valence-electron chi connectivity index (χ3n) is 5.74. The van der Waals surface area contributed by atoms with E-state index >= 15 is 0 Å². The average Bonchev–Trinajstić information content (AvgIpc) is 2.87. The summed E-state index contributed by atoms with van der Waals surface area (Å²) in [4.78, 5) is 12.7. The molecule has 1 atom stereocenters. The lowest BCUT2D eigenvalue weighted by atomic mass is 10.2. The standard InChI is InChI=1S/C25H24F3N3O7S2/c1-16(31(39(2,33)34)20-8-11-22-23(15-20)38-13-12-37-22)24(32)29-18-6-9-21(10-7-18)40(35,36)30-19-5-3-4-17(14-19)25(26,27)28/h3-11,14-16,30H,12-13H2,1-2H3,(H,29,32)/t16-/m0/s1. The number of carbonyl (C=O) groups excluding carboxylic acids is 1. The predicted molar refractivity (Wildman–Crippen MR) is 142 cm³/mol. The van der Waals surface area contributed by atoms with Crippen molar-refractivity contribution in [3.8, 4) is 11.5 Å². The number of sulfonamides is 2. The largest absolute Gasteiger partial charge is 0.486 e. The first-order valence-corrected chi connectivity index (χ1v) is 15.0. The minimum Gasteiger partial charge on any atom is -0.486 e. The number of rotatable bonds is 8. The zero-order valence-corrected chi connectivity index (χ0v) is 22.7. The molecule has 0 spiro atoms. The molecule has 1 heterocycles. The van der Waals surface area contributed by atoms with Gasteiger partial charge in [0.15, 0.2) is 11.5 Å². The number of nitrogens with one attached hydrogen (secondary N) is 2. The number of nitrogens with zero attached hydrogens (tertiary/aromatic N) is 1. The molecule has 0 bridgehead atoms. The van der Waals surface area contributed by atoms with E-state index in [1.165, 1.54) is 37.3 Å². The highest BCUT2D eigenvalue weighted by Crippen LogP contribution is 2.36. The molecule has 0 unspecified atom stereocenters. The number of benzene rings is 3. The van der Waals surface area contributed by atoms with E-state index in [1.54, 1.807) is 6.07 Å². The molecular formula is C25H24F3N3O7S2. The van der Waals surface area contributed by atoms with Crippen LogP contribution in [0.2, 0.25) is 0 Å². The van der Waals surface area contributed by atoms with Crippen LogP contribution in [-0.2, 0) is 31.0 Å². The van der Waals surface area contributed by atoms with E-state index in [-0.39, 0.29) is 28.6 Å². The summed E-state index contributed by atoms with van der Waals surface area (Å²) in [7, 11) is -8.18. The van der Waals surface area contributed by atoms with Crippen molar-refractivity contribution in [3.05, 3.63) is 72.3 Å². The maximum absolute atomic E-state index is 13.0. The van der Waals surface area contributed by atoms with E-state index in [2.05, 4.69) is 10.0 Å². The monoisotopic (exact) mass is 599 g/mol. The van der Waals surface area contributed by atoms with Crippen LogP contribution in [0.4, 0.5) is 30.2 Å². The van der Waals surface area contributed by atoms with Gasteiger partial charge in [0, 0.05) is 17.4 Å². The molecule has 3 aromatic carbocycles. The van der Waals surface area contributed by atoms with Gasteiger partial charge in [0.1, 0.15) is 19.3 Å². The molecule has 0 radical (unpaired) electrons. The molecule has 0 saturated heterocycles. The van der Waals surface area contributed by atoms with E-state index in [4.69, 9.17) is 9.47 Å². The minimum atomic E-state index is -4.65. The Kier molecular flexibility index (Phi) is 7.90. The first kappa shape index (κ1) is 29.0. The van der Waals surface area contributed by atoms with Gasteiger partial charge in [-0.3, -0.25) is 13.8 Å². The number of fused-ring (bicyclic) bond motifs is 1. The first-order chi connectivity index (χ1) is 18.6. The number of alkyl halides is 3. The summed E-state index contributed by atoms with van der Waals surface area (Å²) in [6, 6.07) is 11.8. The van der Waals surface area contributed by atoms with E-state index in [0.29, 0.717) is 24.2 Å². The van der Waals surface area contributed by atoms with Crippen LogP contribution < -0.4 is 23.8 Å². The van der Waals surface area contributed by atoms with Crippen molar-refractivity contribution >= 4 is 43.0 Å². The lowest BCUT2D eigenvalue weighted by Crippen LogP contribution is -2.45. The van der Waals surface area contributed by atoms with Crippen LogP contribution in [0.5, 0.6) is 11.5 Å². The van der Waals surface area contributed by atoms with Crippen LogP contribution in [0.25, 0.3) is 0 Å². The number of halogens is 3. The topological polar surface area (TPSA) is 131 Å². The second kappa shape index (κ2) is 10.9. The molecule has 1 amide bonds. The van der Waals surface area contributed by atoms with Crippen LogP contribution in [0, 0.1) is 0 Å². The fourth-order valence-corrected chi connectivity index (χ4v) is 6.13. The second-order valence-electron chi connectivity index (χ2n) is 8.76. The Bertz CT molecular complexity index is 1630. The number of hydrogen-bond donors (Lipinski definition) is 2. The Morgan fingerprint density at radius 1 is 0.900 bits per heavy atom. The van der Waals surface area contributed by atoms with Gasteiger partial charge < -0.3 is 14.8 Å². The molecule has 0 aromatic heterocycles. The Balaban J connectivity index is 1.49. The van der Waals surface area contributed by atoms with Gasteiger partial charge in [-0.05, 0) is 61.5 Å². The quantitative estimate of drug-likeness (QED) is 0.399. The van der Waals surface area contributed by atoms with Crippen molar-refractivity contribution in [2.75, 3.05) is 33.8 Å². The Hall–Kier alpha value is -3.98. The van der Waals surface area contributed by atoms with E-state index in [0.717, 1.165) is 34.8 Å². The summed E-state index contributed by atoms with van der Waals surface area (Å²) in [5.41, 5.74) is -0.956. The van der Waals surface area contributed by atoms with Crippen LogP contribution in [0.1, 0.15) is 12.5 Å². The van der Waals surface area contributed by atoms with Gasteiger partial charge >= 0.3 is 6.18 Å². The summed E-state index contributed by atoms with van der Waals surface area (Å²) >= 11 is 0. The first-order valence-electron chi connectivity index (χ1n) is 11.7. The molecule has 3 aromatic rings. The second-order valence-corrected chi connectivity index (χ2v) is 12.3. The highest BCUT2D eigenvalue weighted by molar-refractivity contribution is 7.92. The molecule has 10 nitrogen and oxygen atoms in total. The Morgan fingerprint density at radius 2 is 1.55 bits per heavy atom. The number of hydrogen-bond acceptors (Lipinski definition) is 7. The van der Waals surface area contributed by atoms with Gasteiger partial charge in [-0.25, -0.2) is 16.8 Å². The molecule has 4 rings (SSSR count).